The summed E-state index contributed by atoms with van der Waals surface area (Å²) in [5.74, 6) is 0.539. The van der Waals surface area contributed by atoms with E-state index in [2.05, 4.69) is 11.1 Å². The van der Waals surface area contributed by atoms with Crippen LogP contribution in [-0.2, 0) is 0 Å². The van der Waals surface area contributed by atoms with Crippen molar-refractivity contribution in [1.82, 2.24) is 0 Å². The number of rotatable bonds is 3. The molecule has 4 heteroatoms. The van der Waals surface area contributed by atoms with E-state index in [1.54, 1.807) is 19.2 Å². The lowest BCUT2D eigenvalue weighted by molar-refractivity contribution is 0.414. The number of nitriles is 1. The summed E-state index contributed by atoms with van der Waals surface area (Å²) in [4.78, 5) is 4.51. The van der Waals surface area contributed by atoms with E-state index in [1.807, 2.05) is 24.3 Å². The fourth-order valence-corrected chi connectivity index (χ4v) is 2.74. The molecule has 2 atom stereocenters. The van der Waals surface area contributed by atoms with E-state index in [9.17, 15) is 9.65 Å². The monoisotopic (exact) mass is 294 g/mol. The summed E-state index contributed by atoms with van der Waals surface area (Å²) in [7, 11) is 1.62. The normalized spacial score (nSPS) is 20.3. The van der Waals surface area contributed by atoms with E-state index in [0.717, 1.165) is 22.6 Å². The van der Waals surface area contributed by atoms with E-state index < -0.39 is 6.04 Å². The van der Waals surface area contributed by atoms with Crippen molar-refractivity contribution >= 4 is 5.71 Å². The maximum atomic E-state index is 13.0. The highest BCUT2D eigenvalue weighted by Gasteiger charge is 2.31. The van der Waals surface area contributed by atoms with Crippen molar-refractivity contribution in [2.24, 2.45) is 4.99 Å². The quantitative estimate of drug-likeness (QED) is 0.866. The Morgan fingerprint density at radius 1 is 1.14 bits per heavy atom. The smallest absolute Gasteiger partial charge is 0.144 e. The standard InChI is InChI=1S/C18H15FN2O/c1-22-15-8-4-12(5-9-15)16-10-17(21-18(16)11-20)13-2-6-14(19)7-3-13/h2-9,16,18H,10H2,1H3/t16-,18+/m1/s1. The highest BCUT2D eigenvalue weighted by molar-refractivity contribution is 6.02. The number of hydrogen-bond acceptors (Lipinski definition) is 3. The van der Waals surface area contributed by atoms with Crippen LogP contribution in [0.3, 0.4) is 0 Å². The van der Waals surface area contributed by atoms with Crippen LogP contribution in [0.25, 0.3) is 0 Å². The van der Waals surface area contributed by atoms with Crippen molar-refractivity contribution in [3.8, 4) is 11.8 Å². The van der Waals surface area contributed by atoms with Crippen LogP contribution < -0.4 is 4.74 Å². The second-order valence-corrected chi connectivity index (χ2v) is 5.24. The Balaban J connectivity index is 1.86. The van der Waals surface area contributed by atoms with E-state index in [-0.39, 0.29) is 11.7 Å². The van der Waals surface area contributed by atoms with Crippen molar-refractivity contribution in [2.45, 2.75) is 18.4 Å². The number of ether oxygens (including phenoxy) is 1. The third kappa shape index (κ3) is 2.71. The minimum absolute atomic E-state index is 0.0240. The Labute approximate surface area is 128 Å². The molecule has 3 nitrogen and oxygen atoms in total. The average Bonchev–Trinajstić information content (AvgIpc) is 3.00. The molecule has 2 aromatic carbocycles. The number of halogens is 1. The summed E-state index contributed by atoms with van der Waals surface area (Å²) in [5, 5.41) is 9.37. The van der Waals surface area contributed by atoms with E-state index in [4.69, 9.17) is 4.74 Å². The minimum Gasteiger partial charge on any atom is -0.497 e. The first kappa shape index (κ1) is 14.3. The van der Waals surface area contributed by atoms with Gasteiger partial charge in [0.15, 0.2) is 0 Å². The van der Waals surface area contributed by atoms with Gasteiger partial charge in [-0.2, -0.15) is 5.26 Å². The molecule has 0 spiro atoms. The molecule has 0 aromatic heterocycles. The van der Waals surface area contributed by atoms with Gasteiger partial charge < -0.3 is 4.74 Å². The largest absolute Gasteiger partial charge is 0.497 e. The van der Waals surface area contributed by atoms with Crippen molar-refractivity contribution < 1.29 is 9.13 Å². The third-order valence-corrected chi connectivity index (χ3v) is 3.94. The molecule has 1 heterocycles. The number of nitrogens with zero attached hydrogens (tertiary/aromatic N) is 2. The third-order valence-electron chi connectivity index (χ3n) is 3.94. The Hall–Kier alpha value is -2.67. The van der Waals surface area contributed by atoms with Gasteiger partial charge in [0.25, 0.3) is 0 Å². The van der Waals surface area contributed by atoms with Crippen molar-refractivity contribution in [1.29, 1.82) is 5.26 Å². The van der Waals surface area contributed by atoms with Crippen LogP contribution in [0.1, 0.15) is 23.5 Å². The zero-order valence-corrected chi connectivity index (χ0v) is 12.2. The van der Waals surface area contributed by atoms with Gasteiger partial charge in [-0.1, -0.05) is 24.3 Å². The first-order chi connectivity index (χ1) is 10.7. The van der Waals surface area contributed by atoms with Crippen LogP contribution in [-0.4, -0.2) is 18.9 Å². The van der Waals surface area contributed by atoms with Gasteiger partial charge in [-0.3, -0.25) is 4.99 Å². The van der Waals surface area contributed by atoms with Crippen molar-refractivity contribution in [3.63, 3.8) is 0 Å². The van der Waals surface area contributed by atoms with E-state index in [0.29, 0.717) is 6.42 Å². The summed E-state index contributed by atoms with van der Waals surface area (Å²) in [6.07, 6.45) is 0.677. The molecule has 0 fully saturated rings. The molecular formula is C18H15FN2O. The second-order valence-electron chi connectivity index (χ2n) is 5.24. The second kappa shape index (κ2) is 5.98. The molecule has 110 valence electrons. The maximum Gasteiger partial charge on any atom is 0.144 e. The lowest BCUT2D eigenvalue weighted by atomic mass is 9.89. The first-order valence-corrected chi connectivity index (χ1v) is 7.07. The van der Waals surface area contributed by atoms with Crippen LogP contribution in [0.5, 0.6) is 5.75 Å². The van der Waals surface area contributed by atoms with Crippen molar-refractivity contribution in [2.75, 3.05) is 7.11 Å². The molecule has 1 aliphatic heterocycles. The molecule has 1 aliphatic rings. The molecule has 22 heavy (non-hydrogen) atoms. The van der Waals surface area contributed by atoms with Gasteiger partial charge in [0.05, 0.1) is 13.2 Å². The predicted molar refractivity (Wildman–Crippen MR) is 82.7 cm³/mol. The molecule has 0 bridgehead atoms. The van der Waals surface area contributed by atoms with Crippen LogP contribution in [0, 0.1) is 17.1 Å². The summed E-state index contributed by atoms with van der Waals surface area (Å²) in [6, 6.07) is 15.8. The van der Waals surface area contributed by atoms with Crippen molar-refractivity contribution in [3.05, 3.63) is 65.5 Å². The molecule has 2 aromatic rings. The van der Waals surface area contributed by atoms with Crippen LogP contribution in [0.4, 0.5) is 4.39 Å². The zero-order chi connectivity index (χ0) is 15.5. The van der Waals surface area contributed by atoms with Gasteiger partial charge >= 0.3 is 0 Å². The molecule has 0 amide bonds. The number of benzene rings is 2. The average molecular weight is 294 g/mol. The lowest BCUT2D eigenvalue weighted by Gasteiger charge is -2.13. The highest BCUT2D eigenvalue weighted by Crippen LogP contribution is 2.34. The fourth-order valence-electron chi connectivity index (χ4n) is 2.74. The molecule has 0 saturated heterocycles. The van der Waals surface area contributed by atoms with Gasteiger partial charge in [-0.25, -0.2) is 4.39 Å². The van der Waals surface area contributed by atoms with Crippen LogP contribution >= 0.6 is 0 Å². The Morgan fingerprint density at radius 2 is 1.82 bits per heavy atom. The van der Waals surface area contributed by atoms with Gasteiger partial charge in [0, 0.05) is 11.6 Å². The molecule has 0 unspecified atom stereocenters. The summed E-state index contributed by atoms with van der Waals surface area (Å²) in [6.45, 7) is 0. The van der Waals surface area contributed by atoms with E-state index in [1.165, 1.54) is 12.1 Å². The Morgan fingerprint density at radius 3 is 2.41 bits per heavy atom. The van der Waals surface area contributed by atoms with Gasteiger partial charge in [-0.05, 0) is 41.8 Å². The van der Waals surface area contributed by atoms with Crippen LogP contribution in [0.15, 0.2) is 53.5 Å². The molecule has 0 N–H and O–H groups in total. The van der Waals surface area contributed by atoms with Gasteiger partial charge in [0.1, 0.15) is 17.6 Å². The van der Waals surface area contributed by atoms with Gasteiger partial charge in [-0.15, -0.1) is 0 Å². The summed E-state index contributed by atoms with van der Waals surface area (Å²) >= 11 is 0. The summed E-state index contributed by atoms with van der Waals surface area (Å²) in [5.41, 5.74) is 2.79. The minimum atomic E-state index is -0.409. The zero-order valence-electron chi connectivity index (χ0n) is 12.2. The number of aliphatic imine (C=N–C) groups is 1. The van der Waals surface area contributed by atoms with Crippen LogP contribution in [0.2, 0.25) is 0 Å². The number of hydrogen-bond donors (Lipinski definition) is 0. The lowest BCUT2D eigenvalue weighted by Crippen LogP contribution is -2.10. The predicted octanol–water partition coefficient (Wildman–Crippen LogP) is 3.70. The highest BCUT2D eigenvalue weighted by atomic mass is 19.1. The maximum absolute atomic E-state index is 13.0. The Bertz CT molecular complexity index is 729. The van der Waals surface area contributed by atoms with E-state index >= 15 is 0 Å². The molecule has 0 saturated carbocycles. The SMILES string of the molecule is COc1ccc([C@H]2CC(c3ccc(F)cc3)=N[C@H]2C#N)cc1. The topological polar surface area (TPSA) is 45.4 Å². The molecular weight excluding hydrogens is 279 g/mol. The fraction of sp³-hybridized carbons (Fsp3) is 0.222. The molecule has 0 radical (unpaired) electrons. The molecule has 3 rings (SSSR count). The first-order valence-electron chi connectivity index (χ1n) is 7.07. The summed E-state index contributed by atoms with van der Waals surface area (Å²) < 4.78 is 18.2. The molecule has 0 aliphatic carbocycles. The van der Waals surface area contributed by atoms with Gasteiger partial charge in [0.2, 0.25) is 0 Å². The Kier molecular flexibility index (Phi) is 3.88. The number of methoxy groups -OCH3 is 1.